The predicted octanol–water partition coefficient (Wildman–Crippen LogP) is 1.53. The molecule has 0 aromatic heterocycles. The summed E-state index contributed by atoms with van der Waals surface area (Å²) in [4.78, 5) is 10.3. The van der Waals surface area contributed by atoms with Crippen LogP contribution in [-0.4, -0.2) is 17.1 Å². The Morgan fingerprint density at radius 2 is 2.38 bits per heavy atom. The molecule has 2 unspecified atom stereocenters. The van der Waals surface area contributed by atoms with Gasteiger partial charge >= 0.3 is 5.97 Å². The number of rotatable bonds is 4. The fraction of sp³-hybridized carbons (Fsp3) is 0.700. The van der Waals surface area contributed by atoms with Crippen molar-refractivity contribution in [1.82, 2.24) is 0 Å². The average Bonchev–Trinajstić information content (AvgIpc) is 2.15. The Bertz CT molecular complexity index is 201. The zero-order valence-electron chi connectivity index (χ0n) is 7.78. The largest absolute Gasteiger partial charge is 0.481 e. The summed E-state index contributed by atoms with van der Waals surface area (Å²) in [5.41, 5.74) is 5.90. The van der Waals surface area contributed by atoms with E-state index in [9.17, 15) is 4.79 Å². The van der Waals surface area contributed by atoms with Gasteiger partial charge in [-0.3, -0.25) is 4.79 Å². The van der Waals surface area contributed by atoms with E-state index >= 15 is 0 Å². The highest BCUT2D eigenvalue weighted by Crippen LogP contribution is 2.22. The topological polar surface area (TPSA) is 63.3 Å². The number of aliphatic carboxylic acids is 1. The van der Waals surface area contributed by atoms with Crippen molar-refractivity contribution in [1.29, 1.82) is 0 Å². The van der Waals surface area contributed by atoms with Crippen molar-refractivity contribution in [2.24, 2.45) is 11.7 Å². The Hall–Kier alpha value is -0.830. The first-order chi connectivity index (χ1) is 6.20. The van der Waals surface area contributed by atoms with Crippen molar-refractivity contribution in [2.75, 3.05) is 0 Å². The number of carbonyl (C=O) groups is 1. The summed E-state index contributed by atoms with van der Waals surface area (Å²) in [7, 11) is 0. The molecule has 0 aliphatic heterocycles. The minimum absolute atomic E-state index is 0.0565. The van der Waals surface area contributed by atoms with Crippen molar-refractivity contribution in [3.63, 3.8) is 0 Å². The molecule has 13 heavy (non-hydrogen) atoms. The highest BCUT2D eigenvalue weighted by atomic mass is 16.4. The molecule has 2 atom stereocenters. The minimum Gasteiger partial charge on any atom is -0.481 e. The van der Waals surface area contributed by atoms with Gasteiger partial charge in [-0.25, -0.2) is 0 Å². The second kappa shape index (κ2) is 5.02. The lowest BCUT2D eigenvalue weighted by Gasteiger charge is -2.24. The summed E-state index contributed by atoms with van der Waals surface area (Å²) < 4.78 is 0. The van der Waals surface area contributed by atoms with Gasteiger partial charge in [0.15, 0.2) is 0 Å². The fourth-order valence-corrected chi connectivity index (χ4v) is 1.73. The van der Waals surface area contributed by atoms with Crippen LogP contribution in [-0.2, 0) is 4.79 Å². The van der Waals surface area contributed by atoms with Gasteiger partial charge in [-0.2, -0.15) is 0 Å². The number of carboxylic acids is 1. The third kappa shape index (κ3) is 3.59. The maximum absolute atomic E-state index is 10.3. The third-order valence-electron chi connectivity index (χ3n) is 2.61. The van der Waals surface area contributed by atoms with Gasteiger partial charge in [0, 0.05) is 12.5 Å². The third-order valence-corrected chi connectivity index (χ3v) is 2.61. The van der Waals surface area contributed by atoms with Crippen molar-refractivity contribution in [2.45, 2.75) is 38.1 Å². The SMILES string of the molecule is NC(CCC(=O)O)C1CC=CCC1. The van der Waals surface area contributed by atoms with Crippen molar-refractivity contribution in [3.05, 3.63) is 12.2 Å². The van der Waals surface area contributed by atoms with Gasteiger partial charge < -0.3 is 10.8 Å². The van der Waals surface area contributed by atoms with Gasteiger partial charge in [0.25, 0.3) is 0 Å². The van der Waals surface area contributed by atoms with E-state index in [1.807, 2.05) is 0 Å². The molecule has 0 fully saturated rings. The van der Waals surface area contributed by atoms with Gasteiger partial charge in [-0.15, -0.1) is 0 Å². The van der Waals surface area contributed by atoms with Crippen LogP contribution in [0.4, 0.5) is 0 Å². The molecule has 0 spiro atoms. The second-order valence-corrected chi connectivity index (χ2v) is 3.64. The van der Waals surface area contributed by atoms with Crippen LogP contribution < -0.4 is 5.73 Å². The van der Waals surface area contributed by atoms with Crippen LogP contribution in [0.15, 0.2) is 12.2 Å². The maximum Gasteiger partial charge on any atom is 0.303 e. The van der Waals surface area contributed by atoms with Gasteiger partial charge in [0.1, 0.15) is 0 Å². The smallest absolute Gasteiger partial charge is 0.303 e. The monoisotopic (exact) mass is 183 g/mol. The van der Waals surface area contributed by atoms with E-state index < -0.39 is 5.97 Å². The van der Waals surface area contributed by atoms with Crippen molar-refractivity contribution in [3.8, 4) is 0 Å². The molecule has 1 rings (SSSR count). The molecule has 0 saturated heterocycles. The van der Waals surface area contributed by atoms with Gasteiger partial charge in [-0.1, -0.05) is 12.2 Å². The molecule has 3 nitrogen and oxygen atoms in total. The number of hydrogen-bond acceptors (Lipinski definition) is 2. The number of allylic oxidation sites excluding steroid dienone is 2. The van der Waals surface area contributed by atoms with Crippen LogP contribution in [0.1, 0.15) is 32.1 Å². The molecule has 0 heterocycles. The van der Waals surface area contributed by atoms with Crippen molar-refractivity contribution >= 4 is 5.97 Å². The molecule has 74 valence electrons. The predicted molar refractivity (Wildman–Crippen MR) is 51.3 cm³/mol. The van der Waals surface area contributed by atoms with Gasteiger partial charge in [-0.05, 0) is 31.6 Å². The zero-order valence-corrected chi connectivity index (χ0v) is 7.78. The second-order valence-electron chi connectivity index (χ2n) is 3.64. The number of carboxylic acid groups (broad SMARTS) is 1. The molecule has 0 aromatic carbocycles. The Morgan fingerprint density at radius 1 is 1.62 bits per heavy atom. The molecule has 0 radical (unpaired) electrons. The lowest BCUT2D eigenvalue weighted by atomic mass is 9.86. The van der Waals surface area contributed by atoms with E-state index in [-0.39, 0.29) is 12.5 Å². The summed E-state index contributed by atoms with van der Waals surface area (Å²) in [5.74, 6) is -0.258. The first-order valence-corrected chi connectivity index (χ1v) is 4.82. The quantitative estimate of drug-likeness (QED) is 0.650. The Labute approximate surface area is 78.6 Å². The van der Waals surface area contributed by atoms with E-state index in [4.69, 9.17) is 10.8 Å². The van der Waals surface area contributed by atoms with Crippen LogP contribution in [0.25, 0.3) is 0 Å². The molecule has 1 aliphatic carbocycles. The zero-order chi connectivity index (χ0) is 9.68. The molecule has 1 aliphatic rings. The normalized spacial score (nSPS) is 24.2. The summed E-state index contributed by atoms with van der Waals surface area (Å²) >= 11 is 0. The Kier molecular flexibility index (Phi) is 3.96. The molecule has 0 amide bonds. The van der Waals surface area contributed by atoms with E-state index in [0.717, 1.165) is 19.3 Å². The summed E-state index contributed by atoms with van der Waals surface area (Å²) in [6, 6.07) is 0.0565. The van der Waals surface area contributed by atoms with E-state index in [2.05, 4.69) is 12.2 Å². The first kappa shape index (κ1) is 10.3. The van der Waals surface area contributed by atoms with Crippen LogP contribution in [0.3, 0.4) is 0 Å². The number of nitrogens with two attached hydrogens (primary N) is 1. The molecular weight excluding hydrogens is 166 g/mol. The standard InChI is InChI=1S/C10H17NO2/c11-9(6-7-10(12)13)8-4-2-1-3-5-8/h1-2,8-9H,3-7,11H2,(H,12,13). The number of hydrogen-bond donors (Lipinski definition) is 2. The first-order valence-electron chi connectivity index (χ1n) is 4.82. The lowest BCUT2D eigenvalue weighted by molar-refractivity contribution is -0.137. The molecule has 0 bridgehead atoms. The summed E-state index contributed by atoms with van der Waals surface area (Å²) in [5, 5.41) is 8.49. The van der Waals surface area contributed by atoms with Gasteiger partial charge in [0.2, 0.25) is 0 Å². The van der Waals surface area contributed by atoms with Crippen LogP contribution >= 0.6 is 0 Å². The molecule has 3 heteroatoms. The van der Waals surface area contributed by atoms with Gasteiger partial charge in [0.05, 0.1) is 0 Å². The summed E-state index contributed by atoms with van der Waals surface area (Å²) in [6.07, 6.45) is 8.33. The van der Waals surface area contributed by atoms with Crippen LogP contribution in [0, 0.1) is 5.92 Å². The van der Waals surface area contributed by atoms with Crippen LogP contribution in [0.5, 0.6) is 0 Å². The highest BCUT2D eigenvalue weighted by Gasteiger charge is 2.18. The van der Waals surface area contributed by atoms with E-state index in [1.165, 1.54) is 0 Å². The minimum atomic E-state index is -0.748. The molecule has 3 N–H and O–H groups in total. The Balaban J connectivity index is 2.25. The average molecular weight is 183 g/mol. The molecular formula is C10H17NO2. The van der Waals surface area contributed by atoms with E-state index in [0.29, 0.717) is 12.3 Å². The fourth-order valence-electron chi connectivity index (χ4n) is 1.73. The maximum atomic E-state index is 10.3. The van der Waals surface area contributed by atoms with Crippen LogP contribution in [0.2, 0.25) is 0 Å². The molecule has 0 saturated carbocycles. The van der Waals surface area contributed by atoms with E-state index in [1.54, 1.807) is 0 Å². The summed E-state index contributed by atoms with van der Waals surface area (Å²) in [6.45, 7) is 0. The Morgan fingerprint density at radius 3 is 2.92 bits per heavy atom. The lowest BCUT2D eigenvalue weighted by Crippen LogP contribution is -2.31. The molecule has 0 aromatic rings. The van der Waals surface area contributed by atoms with Crippen molar-refractivity contribution < 1.29 is 9.90 Å². The highest BCUT2D eigenvalue weighted by molar-refractivity contribution is 5.66.